The van der Waals surface area contributed by atoms with Gasteiger partial charge in [-0.1, -0.05) is 30.3 Å². The third-order valence-corrected chi connectivity index (χ3v) is 3.39. The molecule has 4 nitrogen and oxygen atoms in total. The summed E-state index contributed by atoms with van der Waals surface area (Å²) >= 11 is 0. The highest BCUT2D eigenvalue weighted by atomic mass is 16.5. The summed E-state index contributed by atoms with van der Waals surface area (Å²) in [7, 11) is 0. The van der Waals surface area contributed by atoms with Gasteiger partial charge in [-0.2, -0.15) is 0 Å². The molecule has 0 atom stereocenters. The molecule has 1 aromatic carbocycles. The van der Waals surface area contributed by atoms with Gasteiger partial charge in [0.05, 0.1) is 24.5 Å². The van der Waals surface area contributed by atoms with Crippen molar-refractivity contribution in [3.63, 3.8) is 0 Å². The molecule has 0 N–H and O–H groups in total. The Morgan fingerprint density at radius 2 is 2.00 bits per heavy atom. The molecular formula is C17H16N2O2. The second kappa shape index (κ2) is 6.41. The summed E-state index contributed by atoms with van der Waals surface area (Å²) in [6, 6.07) is 11.8. The van der Waals surface area contributed by atoms with E-state index in [1.165, 1.54) is 0 Å². The number of fused-ring (bicyclic) bond motifs is 1. The SMILES string of the molecule is O=C1CC(CCOCc2ccccc2)=Nc2ccncc21. The van der Waals surface area contributed by atoms with Gasteiger partial charge in [0.15, 0.2) is 5.78 Å². The van der Waals surface area contributed by atoms with E-state index < -0.39 is 0 Å². The van der Waals surface area contributed by atoms with Gasteiger partial charge in [0.2, 0.25) is 0 Å². The fourth-order valence-corrected chi connectivity index (χ4v) is 2.29. The Hall–Kier alpha value is -2.33. The van der Waals surface area contributed by atoms with Crippen LogP contribution in [0.4, 0.5) is 5.69 Å². The van der Waals surface area contributed by atoms with E-state index in [0.29, 0.717) is 31.6 Å². The molecule has 0 bridgehead atoms. The van der Waals surface area contributed by atoms with E-state index >= 15 is 0 Å². The molecule has 4 heteroatoms. The fourth-order valence-electron chi connectivity index (χ4n) is 2.29. The molecule has 1 aliphatic rings. The number of aromatic nitrogens is 1. The summed E-state index contributed by atoms with van der Waals surface area (Å²) in [6.07, 6.45) is 4.29. The van der Waals surface area contributed by atoms with Gasteiger partial charge < -0.3 is 4.74 Å². The van der Waals surface area contributed by atoms with Gasteiger partial charge in [0, 0.05) is 30.9 Å². The van der Waals surface area contributed by atoms with Gasteiger partial charge >= 0.3 is 0 Å². The van der Waals surface area contributed by atoms with Crippen LogP contribution in [0, 0.1) is 0 Å². The molecule has 0 aliphatic carbocycles. The lowest BCUT2D eigenvalue weighted by molar-refractivity contribution is 0.0996. The average Bonchev–Trinajstić information content (AvgIpc) is 2.53. The minimum Gasteiger partial charge on any atom is -0.376 e. The van der Waals surface area contributed by atoms with E-state index in [4.69, 9.17) is 4.74 Å². The van der Waals surface area contributed by atoms with Crippen LogP contribution in [0.15, 0.2) is 53.8 Å². The van der Waals surface area contributed by atoms with Crippen LogP contribution in [0.25, 0.3) is 0 Å². The van der Waals surface area contributed by atoms with Crippen LogP contribution in [0.3, 0.4) is 0 Å². The van der Waals surface area contributed by atoms with Gasteiger partial charge in [-0.25, -0.2) is 0 Å². The Balaban J connectivity index is 1.55. The maximum absolute atomic E-state index is 12.0. The zero-order valence-corrected chi connectivity index (χ0v) is 11.7. The van der Waals surface area contributed by atoms with Crippen LogP contribution in [0.5, 0.6) is 0 Å². The van der Waals surface area contributed by atoms with E-state index in [0.717, 1.165) is 17.0 Å². The Kier molecular flexibility index (Phi) is 4.17. The van der Waals surface area contributed by atoms with Crippen molar-refractivity contribution in [3.8, 4) is 0 Å². The van der Waals surface area contributed by atoms with Gasteiger partial charge in [-0.05, 0) is 11.6 Å². The standard InChI is InChI=1S/C17H16N2O2/c20-17-10-14(19-16-6-8-18-11-15(16)17)7-9-21-12-13-4-2-1-3-5-13/h1-6,8,11H,7,9-10,12H2. The summed E-state index contributed by atoms with van der Waals surface area (Å²) in [5.41, 5.74) is 3.37. The number of hydrogen-bond acceptors (Lipinski definition) is 4. The zero-order chi connectivity index (χ0) is 14.5. The first kappa shape index (κ1) is 13.6. The van der Waals surface area contributed by atoms with Gasteiger partial charge in [0.1, 0.15) is 0 Å². The number of nitrogens with zero attached hydrogens (tertiary/aromatic N) is 2. The molecule has 0 saturated heterocycles. The van der Waals surface area contributed by atoms with E-state index in [1.54, 1.807) is 18.5 Å². The third-order valence-electron chi connectivity index (χ3n) is 3.39. The lowest BCUT2D eigenvalue weighted by atomic mass is 10.0. The third kappa shape index (κ3) is 3.41. The lowest BCUT2D eigenvalue weighted by Gasteiger charge is -2.14. The largest absolute Gasteiger partial charge is 0.376 e. The number of hydrogen-bond donors (Lipinski definition) is 0. The second-order valence-corrected chi connectivity index (χ2v) is 4.96. The molecule has 2 aromatic rings. The van der Waals surface area contributed by atoms with Crippen molar-refractivity contribution < 1.29 is 9.53 Å². The average molecular weight is 280 g/mol. The Labute approximate surface area is 123 Å². The number of Topliss-reactive ketones (excluding diaryl/α,β-unsaturated/α-hetero) is 1. The second-order valence-electron chi connectivity index (χ2n) is 4.96. The molecule has 1 aromatic heterocycles. The van der Waals surface area contributed by atoms with Crippen LogP contribution in [-0.2, 0) is 11.3 Å². The summed E-state index contributed by atoms with van der Waals surface area (Å²) in [6.45, 7) is 1.16. The number of benzene rings is 1. The summed E-state index contributed by atoms with van der Waals surface area (Å²) in [5.74, 6) is 0.0890. The molecule has 21 heavy (non-hydrogen) atoms. The number of carbonyl (C=O) groups excluding carboxylic acids is 1. The molecular weight excluding hydrogens is 264 g/mol. The Bertz CT molecular complexity index is 666. The molecule has 0 spiro atoms. The highest BCUT2D eigenvalue weighted by molar-refractivity contribution is 6.15. The van der Waals surface area contributed by atoms with Crippen LogP contribution < -0.4 is 0 Å². The van der Waals surface area contributed by atoms with Crippen molar-refractivity contribution in [2.75, 3.05) is 6.61 Å². The first-order valence-corrected chi connectivity index (χ1v) is 6.98. The predicted molar refractivity (Wildman–Crippen MR) is 81.0 cm³/mol. The predicted octanol–water partition coefficient (Wildman–Crippen LogP) is 3.35. The van der Waals surface area contributed by atoms with Crippen molar-refractivity contribution in [2.24, 2.45) is 4.99 Å². The molecule has 0 amide bonds. The molecule has 0 saturated carbocycles. The zero-order valence-electron chi connectivity index (χ0n) is 11.7. The van der Waals surface area contributed by atoms with Crippen molar-refractivity contribution in [1.82, 2.24) is 4.98 Å². The van der Waals surface area contributed by atoms with E-state index in [-0.39, 0.29) is 5.78 Å². The summed E-state index contributed by atoms with van der Waals surface area (Å²) in [5, 5.41) is 0. The van der Waals surface area contributed by atoms with E-state index in [2.05, 4.69) is 9.98 Å². The summed E-state index contributed by atoms with van der Waals surface area (Å²) in [4.78, 5) is 20.5. The van der Waals surface area contributed by atoms with Crippen molar-refractivity contribution in [3.05, 3.63) is 59.9 Å². The van der Waals surface area contributed by atoms with E-state index in [1.807, 2.05) is 30.3 Å². The van der Waals surface area contributed by atoms with Crippen LogP contribution in [0.2, 0.25) is 0 Å². The van der Waals surface area contributed by atoms with E-state index in [9.17, 15) is 4.79 Å². The highest BCUT2D eigenvalue weighted by Crippen LogP contribution is 2.25. The molecule has 3 rings (SSSR count). The van der Waals surface area contributed by atoms with Gasteiger partial charge in [0.25, 0.3) is 0 Å². The van der Waals surface area contributed by atoms with Crippen molar-refractivity contribution in [1.29, 1.82) is 0 Å². The first-order chi connectivity index (χ1) is 10.3. The number of pyridine rings is 1. The Morgan fingerprint density at radius 3 is 2.86 bits per heavy atom. The fraction of sp³-hybridized carbons (Fsp3) is 0.235. The molecule has 0 fully saturated rings. The molecule has 0 radical (unpaired) electrons. The van der Waals surface area contributed by atoms with Crippen LogP contribution >= 0.6 is 0 Å². The maximum Gasteiger partial charge on any atom is 0.172 e. The molecule has 1 aliphatic heterocycles. The normalized spacial score (nSPS) is 13.7. The van der Waals surface area contributed by atoms with Crippen molar-refractivity contribution in [2.45, 2.75) is 19.4 Å². The van der Waals surface area contributed by atoms with Gasteiger partial charge in [-0.15, -0.1) is 0 Å². The van der Waals surface area contributed by atoms with Crippen LogP contribution in [-0.4, -0.2) is 23.1 Å². The summed E-state index contributed by atoms with van der Waals surface area (Å²) < 4.78 is 5.64. The first-order valence-electron chi connectivity index (χ1n) is 6.98. The monoisotopic (exact) mass is 280 g/mol. The smallest absolute Gasteiger partial charge is 0.172 e. The minimum absolute atomic E-state index is 0.0890. The van der Waals surface area contributed by atoms with Crippen molar-refractivity contribution >= 4 is 17.2 Å². The highest BCUT2D eigenvalue weighted by Gasteiger charge is 2.19. The number of aliphatic imine (C=N–C) groups is 1. The lowest BCUT2D eigenvalue weighted by Crippen LogP contribution is -2.15. The number of rotatable bonds is 5. The minimum atomic E-state index is 0.0890. The maximum atomic E-state index is 12.0. The molecule has 0 unspecified atom stereocenters. The van der Waals surface area contributed by atoms with Gasteiger partial charge in [-0.3, -0.25) is 14.8 Å². The molecule has 2 heterocycles. The number of ketones is 1. The number of carbonyl (C=O) groups is 1. The van der Waals surface area contributed by atoms with Crippen LogP contribution in [0.1, 0.15) is 28.8 Å². The number of ether oxygens (including phenoxy) is 1. The Morgan fingerprint density at radius 1 is 1.14 bits per heavy atom. The quantitative estimate of drug-likeness (QED) is 0.789. The topological polar surface area (TPSA) is 51.5 Å². The molecule has 106 valence electrons.